The Morgan fingerprint density at radius 2 is 1.34 bits per heavy atom. The zero-order chi connectivity index (χ0) is 23.6. The van der Waals surface area contributed by atoms with Crippen molar-refractivity contribution in [2.75, 3.05) is 0 Å². The highest BCUT2D eigenvalue weighted by Gasteiger charge is 2.26. The van der Waals surface area contributed by atoms with E-state index in [9.17, 15) is 14.7 Å². The van der Waals surface area contributed by atoms with Crippen molar-refractivity contribution in [3.05, 3.63) is 71.8 Å². The van der Waals surface area contributed by atoms with Gasteiger partial charge < -0.3 is 16.6 Å². The normalized spacial score (nSPS) is 14.5. The Morgan fingerprint density at radius 3 is 1.91 bits per heavy atom. The van der Waals surface area contributed by atoms with E-state index in [1.807, 2.05) is 74.5 Å². The Morgan fingerprint density at radius 1 is 0.844 bits per heavy atom. The van der Waals surface area contributed by atoms with Crippen LogP contribution in [0.1, 0.15) is 57.1 Å². The molecule has 0 saturated heterocycles. The van der Waals surface area contributed by atoms with Gasteiger partial charge in [-0.3, -0.25) is 9.59 Å². The lowest BCUT2D eigenvalue weighted by Crippen LogP contribution is -2.42. The van der Waals surface area contributed by atoms with Crippen LogP contribution in [0.2, 0.25) is 0 Å². The average molecular weight is 439 g/mol. The molecule has 5 nitrogen and oxygen atoms in total. The van der Waals surface area contributed by atoms with Gasteiger partial charge in [-0.1, -0.05) is 74.5 Å². The number of rotatable bonds is 14. The number of nitrogens with two attached hydrogens (primary N) is 2. The van der Waals surface area contributed by atoms with Crippen LogP contribution in [0.4, 0.5) is 0 Å². The molecule has 0 bridgehead atoms. The number of carbonyl (C=O) groups excluding carboxylic acids is 2. The topological polar surface area (TPSA) is 106 Å². The minimum absolute atomic E-state index is 0.151. The van der Waals surface area contributed by atoms with Crippen LogP contribution in [0.15, 0.2) is 60.7 Å². The second-order valence-corrected chi connectivity index (χ2v) is 9.62. The Hall–Kier alpha value is -2.34. The summed E-state index contributed by atoms with van der Waals surface area (Å²) in [6, 6.07) is 18.7. The molecule has 32 heavy (non-hydrogen) atoms. The van der Waals surface area contributed by atoms with Crippen molar-refractivity contribution in [3.8, 4) is 0 Å². The lowest BCUT2D eigenvalue weighted by Gasteiger charge is -2.25. The predicted octanol–water partition coefficient (Wildman–Crippen LogP) is 3.60. The highest BCUT2D eigenvalue weighted by molar-refractivity contribution is 5.83. The van der Waals surface area contributed by atoms with Crippen LogP contribution in [0.3, 0.4) is 0 Å². The van der Waals surface area contributed by atoms with E-state index >= 15 is 0 Å². The smallest absolute Gasteiger partial charge is 0.162 e. The highest BCUT2D eigenvalue weighted by atomic mass is 16.3. The van der Waals surface area contributed by atoms with Gasteiger partial charge in [0.2, 0.25) is 0 Å². The summed E-state index contributed by atoms with van der Waals surface area (Å²) < 4.78 is 0. The van der Waals surface area contributed by atoms with Gasteiger partial charge in [0.15, 0.2) is 5.78 Å². The molecule has 5 heteroatoms. The van der Waals surface area contributed by atoms with Crippen LogP contribution in [0, 0.1) is 5.41 Å². The first-order valence-electron chi connectivity index (χ1n) is 11.5. The van der Waals surface area contributed by atoms with Crippen LogP contribution >= 0.6 is 0 Å². The summed E-state index contributed by atoms with van der Waals surface area (Å²) in [5.74, 6) is -0.0875. The van der Waals surface area contributed by atoms with Crippen molar-refractivity contribution in [1.29, 1.82) is 0 Å². The Kier molecular flexibility index (Phi) is 10.2. The molecule has 0 aliphatic rings. The molecular weight excluding hydrogens is 400 g/mol. The number of benzene rings is 2. The van der Waals surface area contributed by atoms with E-state index in [2.05, 4.69) is 0 Å². The number of aliphatic hydroxyl groups excluding tert-OH is 1. The largest absolute Gasteiger partial charge is 0.384 e. The van der Waals surface area contributed by atoms with Gasteiger partial charge in [0.25, 0.3) is 0 Å². The van der Waals surface area contributed by atoms with Gasteiger partial charge >= 0.3 is 0 Å². The molecule has 2 rings (SSSR count). The first kappa shape index (κ1) is 25.9. The fourth-order valence-corrected chi connectivity index (χ4v) is 3.83. The second-order valence-electron chi connectivity index (χ2n) is 9.62. The zero-order valence-electron chi connectivity index (χ0n) is 19.4. The minimum atomic E-state index is -1.18. The maximum atomic E-state index is 12.5. The SMILES string of the molecule is CC(C)(CCC(=O)CC(N)Cc1ccccc1)CCC(=O)C(O)C(N)Cc1ccccc1. The van der Waals surface area contributed by atoms with Crippen LogP contribution < -0.4 is 11.5 Å². The Labute approximate surface area is 192 Å². The fraction of sp³-hybridized carbons (Fsp3) is 0.481. The summed E-state index contributed by atoms with van der Waals surface area (Å²) in [5, 5.41) is 10.3. The van der Waals surface area contributed by atoms with E-state index in [4.69, 9.17) is 11.5 Å². The maximum Gasteiger partial charge on any atom is 0.162 e. The van der Waals surface area contributed by atoms with Gasteiger partial charge in [-0.25, -0.2) is 0 Å². The van der Waals surface area contributed by atoms with Crippen molar-refractivity contribution in [2.45, 2.75) is 77.0 Å². The Balaban J connectivity index is 1.71. The van der Waals surface area contributed by atoms with Gasteiger partial charge in [0, 0.05) is 31.3 Å². The van der Waals surface area contributed by atoms with Crippen molar-refractivity contribution in [2.24, 2.45) is 16.9 Å². The zero-order valence-corrected chi connectivity index (χ0v) is 19.4. The maximum absolute atomic E-state index is 12.5. The molecule has 3 unspecified atom stereocenters. The molecule has 0 fully saturated rings. The minimum Gasteiger partial charge on any atom is -0.384 e. The van der Waals surface area contributed by atoms with Gasteiger partial charge in [0.05, 0.1) is 0 Å². The molecule has 0 radical (unpaired) electrons. The quantitative estimate of drug-likeness (QED) is 0.418. The molecule has 174 valence electrons. The van der Waals surface area contributed by atoms with Crippen LogP contribution in [0.25, 0.3) is 0 Å². The molecular formula is C27H38N2O3. The van der Waals surface area contributed by atoms with Gasteiger partial charge in [-0.2, -0.15) is 0 Å². The predicted molar refractivity (Wildman–Crippen MR) is 129 cm³/mol. The third-order valence-electron chi connectivity index (χ3n) is 6.01. The first-order valence-corrected chi connectivity index (χ1v) is 11.5. The molecule has 2 aromatic rings. The summed E-state index contributed by atoms with van der Waals surface area (Å²) in [6.45, 7) is 4.10. The molecule has 0 aliphatic carbocycles. The molecule has 2 aromatic carbocycles. The van der Waals surface area contributed by atoms with Crippen molar-refractivity contribution >= 4 is 11.6 Å². The molecule has 0 amide bonds. The second kappa shape index (κ2) is 12.6. The molecule has 0 aromatic heterocycles. The first-order chi connectivity index (χ1) is 15.2. The monoisotopic (exact) mass is 438 g/mol. The number of aliphatic hydroxyl groups is 1. The summed E-state index contributed by atoms with van der Waals surface area (Å²) in [4.78, 5) is 24.9. The average Bonchev–Trinajstić information content (AvgIpc) is 2.77. The van der Waals surface area contributed by atoms with E-state index in [-0.39, 0.29) is 29.4 Å². The van der Waals surface area contributed by atoms with Gasteiger partial charge in [0.1, 0.15) is 11.9 Å². The van der Waals surface area contributed by atoms with E-state index in [0.717, 1.165) is 11.1 Å². The molecule has 0 spiro atoms. The third kappa shape index (κ3) is 9.43. The molecule has 0 heterocycles. The van der Waals surface area contributed by atoms with E-state index in [0.29, 0.717) is 38.5 Å². The van der Waals surface area contributed by atoms with E-state index in [1.165, 1.54) is 0 Å². The number of carbonyl (C=O) groups is 2. The summed E-state index contributed by atoms with van der Waals surface area (Å²) >= 11 is 0. The van der Waals surface area contributed by atoms with Gasteiger partial charge in [-0.05, 0) is 42.2 Å². The third-order valence-corrected chi connectivity index (χ3v) is 6.01. The number of Topliss-reactive ketones (excluding diaryl/α,β-unsaturated/α-hetero) is 2. The lowest BCUT2D eigenvalue weighted by atomic mass is 9.80. The van der Waals surface area contributed by atoms with Crippen molar-refractivity contribution in [3.63, 3.8) is 0 Å². The molecule has 0 aliphatic heterocycles. The summed E-state index contributed by atoms with van der Waals surface area (Å²) in [7, 11) is 0. The standard InChI is InChI=1S/C27H38N2O3/c1-27(2,15-13-23(30)19-22(28)17-20-9-5-3-6-10-20)16-14-25(31)26(32)24(29)18-21-11-7-4-8-12-21/h3-12,22,24,26,32H,13-19,28-29H2,1-2H3. The van der Waals surface area contributed by atoms with E-state index < -0.39 is 12.1 Å². The Bertz CT molecular complexity index is 836. The van der Waals surface area contributed by atoms with Crippen LogP contribution in [-0.4, -0.2) is 34.9 Å². The highest BCUT2D eigenvalue weighted by Crippen LogP contribution is 2.29. The fourth-order valence-electron chi connectivity index (χ4n) is 3.83. The summed E-state index contributed by atoms with van der Waals surface area (Å²) in [5.41, 5.74) is 14.2. The van der Waals surface area contributed by atoms with Gasteiger partial charge in [-0.15, -0.1) is 0 Å². The number of hydrogen-bond donors (Lipinski definition) is 3. The van der Waals surface area contributed by atoms with E-state index in [1.54, 1.807) is 0 Å². The number of hydrogen-bond acceptors (Lipinski definition) is 5. The van der Waals surface area contributed by atoms with Crippen molar-refractivity contribution in [1.82, 2.24) is 0 Å². The van der Waals surface area contributed by atoms with Crippen LogP contribution in [0.5, 0.6) is 0 Å². The molecule has 5 N–H and O–H groups in total. The summed E-state index contributed by atoms with van der Waals surface area (Å²) in [6.07, 6.45) is 2.30. The van der Waals surface area contributed by atoms with Crippen molar-refractivity contribution < 1.29 is 14.7 Å². The number of ketones is 2. The lowest BCUT2D eigenvalue weighted by molar-refractivity contribution is -0.128. The van der Waals surface area contributed by atoms with Crippen LogP contribution in [-0.2, 0) is 22.4 Å². The molecule has 3 atom stereocenters. The molecule has 0 saturated carbocycles.